The van der Waals surface area contributed by atoms with E-state index in [1.54, 1.807) is 24.8 Å². The molecule has 1 aromatic carbocycles. The molecule has 2 bridgehead atoms. The molecule has 9 heteroatoms. The summed E-state index contributed by atoms with van der Waals surface area (Å²) in [7, 11) is -3.46. The fraction of sp³-hybridized carbons (Fsp3) is 0.696. The summed E-state index contributed by atoms with van der Waals surface area (Å²) in [5.41, 5.74) is 1.06. The Morgan fingerprint density at radius 2 is 1.91 bits per heavy atom. The van der Waals surface area contributed by atoms with Gasteiger partial charge >= 0.3 is 0 Å². The fourth-order valence-corrected chi connectivity index (χ4v) is 6.17. The zero-order valence-electron chi connectivity index (χ0n) is 18.8. The van der Waals surface area contributed by atoms with Crippen LogP contribution in [0.1, 0.15) is 63.9 Å². The summed E-state index contributed by atoms with van der Waals surface area (Å²) in [6.07, 6.45) is 5.28. The van der Waals surface area contributed by atoms with Crippen molar-refractivity contribution in [1.82, 2.24) is 9.62 Å². The summed E-state index contributed by atoms with van der Waals surface area (Å²) in [6, 6.07) is 4.87. The van der Waals surface area contributed by atoms with Gasteiger partial charge in [-0.15, -0.1) is 0 Å². The van der Waals surface area contributed by atoms with Crippen LogP contribution >= 0.6 is 11.6 Å². The first-order valence-corrected chi connectivity index (χ1v) is 13.5. The number of carbonyl (C=O) groups excluding carboxylic acids is 1. The molecule has 7 nitrogen and oxygen atoms in total. The number of fused-ring (bicyclic) bond motifs is 5. The van der Waals surface area contributed by atoms with Crippen LogP contribution in [0.3, 0.4) is 0 Å². The molecule has 3 heterocycles. The van der Waals surface area contributed by atoms with Crippen molar-refractivity contribution < 1.29 is 22.7 Å². The summed E-state index contributed by atoms with van der Waals surface area (Å²) >= 11 is 6.26. The maximum absolute atomic E-state index is 13.2. The molecular formula is C23H33ClN2O5S. The minimum atomic E-state index is -3.46. The molecule has 32 heavy (non-hydrogen) atoms. The number of nitrogens with zero attached hydrogens (tertiary/aromatic N) is 1. The third-order valence-electron chi connectivity index (χ3n) is 6.98. The number of ether oxygens (including phenoxy) is 2. The molecule has 5 rings (SSSR count). The molecule has 178 valence electrons. The third-order valence-corrected chi connectivity index (χ3v) is 9.08. The summed E-state index contributed by atoms with van der Waals surface area (Å²) in [5, 5.41) is 0.129. The van der Waals surface area contributed by atoms with Crippen molar-refractivity contribution in [2.24, 2.45) is 0 Å². The van der Waals surface area contributed by atoms with E-state index in [9.17, 15) is 13.2 Å². The van der Waals surface area contributed by atoms with Gasteiger partial charge in [-0.05, 0) is 82.1 Å². The highest BCUT2D eigenvalue weighted by atomic mass is 35.5. The van der Waals surface area contributed by atoms with E-state index < -0.39 is 15.3 Å². The van der Waals surface area contributed by atoms with Crippen molar-refractivity contribution in [3.63, 3.8) is 0 Å². The van der Waals surface area contributed by atoms with E-state index in [0.29, 0.717) is 36.3 Å². The van der Waals surface area contributed by atoms with Gasteiger partial charge in [0.1, 0.15) is 5.75 Å². The average Bonchev–Trinajstić information content (AvgIpc) is 2.78. The molecule has 1 aromatic rings. The first-order valence-electron chi connectivity index (χ1n) is 11.6. The van der Waals surface area contributed by atoms with Crippen LogP contribution in [0.5, 0.6) is 5.75 Å². The van der Waals surface area contributed by atoms with E-state index in [-0.39, 0.29) is 30.7 Å². The lowest BCUT2D eigenvalue weighted by molar-refractivity contribution is -0.140. The Kier molecular flexibility index (Phi) is 7.34. The van der Waals surface area contributed by atoms with Crippen molar-refractivity contribution >= 4 is 27.5 Å². The van der Waals surface area contributed by atoms with Gasteiger partial charge in [0.25, 0.3) is 5.91 Å². The van der Waals surface area contributed by atoms with Gasteiger partial charge in [0.15, 0.2) is 6.61 Å². The normalized spacial score (nSPS) is 29.4. The lowest BCUT2D eigenvalue weighted by Gasteiger charge is -2.42. The van der Waals surface area contributed by atoms with Gasteiger partial charge in [0.2, 0.25) is 10.0 Å². The molecule has 2 fully saturated rings. The molecule has 1 saturated heterocycles. The average molecular weight is 485 g/mol. The lowest BCUT2D eigenvalue weighted by atomic mass is 9.82. The molecule has 0 unspecified atom stereocenters. The van der Waals surface area contributed by atoms with Crippen LogP contribution in [0.25, 0.3) is 0 Å². The molecule has 0 spiro atoms. The molecule has 1 saturated carbocycles. The predicted octanol–water partition coefficient (Wildman–Crippen LogP) is 3.46. The maximum Gasteiger partial charge on any atom is 0.260 e. The quantitative estimate of drug-likeness (QED) is 0.710. The van der Waals surface area contributed by atoms with E-state index in [4.69, 9.17) is 21.1 Å². The standard InChI is InChI=1S/C23H33ClN2O5S/c1-15(2)32(28,29)25-20-4-3-11-26-21(20)13-30-18-8-5-16(6-9-18)19-12-17(24)7-10-22(19)31-14-23(26)27/h7,10,12,15-16,18,20-21,25H,3-6,8-9,11,13-14H2,1-2H3/t16?,18?,20-,21-/m0/s1. The number of carbonyl (C=O) groups is 1. The number of nitrogens with one attached hydrogen (secondary N) is 1. The van der Waals surface area contributed by atoms with Crippen LogP contribution in [-0.4, -0.2) is 62.4 Å². The molecule has 1 N–H and O–H groups in total. The molecule has 3 aliphatic heterocycles. The summed E-state index contributed by atoms with van der Waals surface area (Å²) in [5.74, 6) is 0.879. The molecule has 1 aliphatic carbocycles. The van der Waals surface area contributed by atoms with Gasteiger partial charge < -0.3 is 14.4 Å². The Labute approximate surface area is 195 Å². The number of rotatable bonds is 3. The van der Waals surface area contributed by atoms with Crippen molar-refractivity contribution in [1.29, 1.82) is 0 Å². The Balaban J connectivity index is 1.61. The van der Waals surface area contributed by atoms with Crippen LogP contribution in [0.4, 0.5) is 0 Å². The van der Waals surface area contributed by atoms with Crippen LogP contribution in [0, 0.1) is 0 Å². The van der Waals surface area contributed by atoms with Gasteiger partial charge in [-0.2, -0.15) is 0 Å². The Hall–Kier alpha value is -1.35. The molecule has 4 aliphatic rings. The smallest absolute Gasteiger partial charge is 0.260 e. The Morgan fingerprint density at radius 1 is 1.16 bits per heavy atom. The minimum absolute atomic E-state index is 0.0923. The summed E-state index contributed by atoms with van der Waals surface area (Å²) in [6.45, 7) is 4.11. The highest BCUT2D eigenvalue weighted by Crippen LogP contribution is 2.40. The number of piperidine rings is 1. The van der Waals surface area contributed by atoms with Gasteiger partial charge in [-0.1, -0.05) is 11.6 Å². The van der Waals surface area contributed by atoms with Crippen molar-refractivity contribution in [3.05, 3.63) is 28.8 Å². The molecule has 0 aromatic heterocycles. The fourth-order valence-electron chi connectivity index (χ4n) is 5.02. The largest absolute Gasteiger partial charge is 0.483 e. The van der Waals surface area contributed by atoms with E-state index in [0.717, 1.165) is 37.7 Å². The summed E-state index contributed by atoms with van der Waals surface area (Å²) in [4.78, 5) is 14.9. The molecule has 1 amide bonds. The topological polar surface area (TPSA) is 84.9 Å². The lowest BCUT2D eigenvalue weighted by Crippen LogP contribution is -2.60. The zero-order chi connectivity index (χ0) is 22.9. The number of amides is 1. The van der Waals surface area contributed by atoms with Crippen LogP contribution < -0.4 is 9.46 Å². The van der Waals surface area contributed by atoms with E-state index in [1.165, 1.54) is 0 Å². The van der Waals surface area contributed by atoms with Gasteiger partial charge in [0, 0.05) is 17.6 Å². The SMILES string of the molecule is CC(C)S(=O)(=O)N[C@H]1CCCN2C(=O)COc3ccc(Cl)cc3C3CCC(CC3)OC[C@@H]12. The van der Waals surface area contributed by atoms with Crippen molar-refractivity contribution in [2.75, 3.05) is 19.8 Å². The highest BCUT2D eigenvalue weighted by Gasteiger charge is 2.38. The van der Waals surface area contributed by atoms with Gasteiger partial charge in [-0.25, -0.2) is 13.1 Å². The van der Waals surface area contributed by atoms with Crippen LogP contribution in [0.15, 0.2) is 18.2 Å². The Bertz CT molecular complexity index is 930. The van der Waals surface area contributed by atoms with Gasteiger partial charge in [0.05, 0.1) is 24.0 Å². The zero-order valence-corrected chi connectivity index (χ0v) is 20.3. The van der Waals surface area contributed by atoms with Crippen LogP contribution in [0.2, 0.25) is 5.02 Å². The van der Waals surface area contributed by atoms with E-state index >= 15 is 0 Å². The second-order valence-electron chi connectivity index (χ2n) is 9.39. The van der Waals surface area contributed by atoms with Crippen molar-refractivity contribution in [2.45, 2.75) is 81.7 Å². The molecular weight excluding hydrogens is 452 g/mol. The van der Waals surface area contributed by atoms with E-state index in [1.807, 2.05) is 12.1 Å². The minimum Gasteiger partial charge on any atom is -0.483 e. The number of benzene rings is 1. The first-order chi connectivity index (χ1) is 15.2. The number of hydrogen-bond donors (Lipinski definition) is 1. The van der Waals surface area contributed by atoms with Gasteiger partial charge in [-0.3, -0.25) is 4.79 Å². The predicted molar refractivity (Wildman–Crippen MR) is 124 cm³/mol. The molecule has 2 atom stereocenters. The monoisotopic (exact) mass is 484 g/mol. The third kappa shape index (κ3) is 5.24. The van der Waals surface area contributed by atoms with Crippen molar-refractivity contribution in [3.8, 4) is 5.75 Å². The second kappa shape index (κ2) is 9.87. The number of halogens is 1. The van der Waals surface area contributed by atoms with E-state index in [2.05, 4.69) is 4.72 Å². The number of sulfonamides is 1. The maximum atomic E-state index is 13.2. The first kappa shape index (κ1) is 23.8. The Morgan fingerprint density at radius 3 is 2.62 bits per heavy atom. The number of hydrogen-bond acceptors (Lipinski definition) is 5. The van der Waals surface area contributed by atoms with Crippen LogP contribution in [-0.2, 0) is 19.6 Å². The second-order valence-corrected chi connectivity index (χ2v) is 12.1. The summed E-state index contributed by atoms with van der Waals surface area (Å²) < 4.78 is 40.3. The highest BCUT2D eigenvalue weighted by molar-refractivity contribution is 7.90. The molecule has 0 radical (unpaired) electrons.